The number of anilines is 1. The Balaban J connectivity index is 1.55. The molecule has 0 radical (unpaired) electrons. The molecular weight excluding hydrogens is 413 g/mol. The monoisotopic (exact) mass is 435 g/mol. The summed E-state index contributed by atoms with van der Waals surface area (Å²) in [5.41, 5.74) is 1.13. The van der Waals surface area contributed by atoms with Crippen molar-refractivity contribution >= 4 is 22.8 Å². The van der Waals surface area contributed by atoms with Gasteiger partial charge < -0.3 is 5.32 Å². The van der Waals surface area contributed by atoms with Crippen LogP contribution in [0.5, 0.6) is 0 Å². The normalized spacial score (nSPS) is 14.7. The maximum Gasteiger partial charge on any atom is 0.263 e. The molecule has 9 nitrogen and oxygen atoms in total. The summed E-state index contributed by atoms with van der Waals surface area (Å²) in [6.45, 7) is 1.80. The van der Waals surface area contributed by atoms with Crippen LogP contribution < -0.4 is 10.9 Å². The van der Waals surface area contributed by atoms with Gasteiger partial charge in [0.25, 0.3) is 5.56 Å². The van der Waals surface area contributed by atoms with Gasteiger partial charge in [-0.2, -0.15) is 19.9 Å². The number of halogens is 1. The van der Waals surface area contributed by atoms with Crippen molar-refractivity contribution in [3.8, 4) is 11.6 Å². The lowest BCUT2D eigenvalue weighted by molar-refractivity contribution is -0.120. The largest absolute Gasteiger partial charge is 0.310 e. The lowest BCUT2D eigenvalue weighted by Crippen LogP contribution is -2.26. The van der Waals surface area contributed by atoms with Gasteiger partial charge in [-0.1, -0.05) is 19.3 Å². The molecule has 0 saturated heterocycles. The fraction of sp³-hybridized carbons (Fsp3) is 0.318. The zero-order valence-corrected chi connectivity index (χ0v) is 17.5. The van der Waals surface area contributed by atoms with Crippen LogP contribution >= 0.6 is 0 Å². The van der Waals surface area contributed by atoms with Crippen LogP contribution in [0.1, 0.15) is 37.8 Å². The first-order valence-electron chi connectivity index (χ1n) is 10.6. The van der Waals surface area contributed by atoms with E-state index >= 15 is 0 Å². The number of rotatable bonds is 4. The van der Waals surface area contributed by atoms with Crippen molar-refractivity contribution < 1.29 is 9.18 Å². The van der Waals surface area contributed by atoms with Gasteiger partial charge in [0, 0.05) is 12.0 Å². The third-order valence-corrected chi connectivity index (χ3v) is 5.76. The van der Waals surface area contributed by atoms with E-state index in [9.17, 15) is 14.0 Å². The van der Waals surface area contributed by atoms with E-state index in [1.165, 1.54) is 27.7 Å². The number of aromatic nitrogens is 6. The molecular formula is C22H22FN7O2. The van der Waals surface area contributed by atoms with Crippen LogP contribution in [-0.4, -0.2) is 35.4 Å². The Labute approximate surface area is 182 Å². The van der Waals surface area contributed by atoms with E-state index in [1.807, 2.05) is 0 Å². The minimum Gasteiger partial charge on any atom is -0.310 e. The van der Waals surface area contributed by atoms with E-state index in [0.717, 1.165) is 32.1 Å². The molecule has 2 N–H and O–H groups in total. The molecule has 1 amide bonds. The number of nitrogens with one attached hydrogen (secondary N) is 2. The highest BCUT2D eigenvalue weighted by atomic mass is 19.1. The Morgan fingerprint density at radius 3 is 2.66 bits per heavy atom. The van der Waals surface area contributed by atoms with Gasteiger partial charge in [0.15, 0.2) is 5.65 Å². The molecule has 5 rings (SSSR count). The molecule has 1 aromatic carbocycles. The number of amides is 1. The van der Waals surface area contributed by atoms with Gasteiger partial charge in [-0.3, -0.25) is 14.6 Å². The predicted molar refractivity (Wildman–Crippen MR) is 117 cm³/mol. The molecule has 4 aromatic rings. The Hall–Kier alpha value is -3.82. The first kappa shape index (κ1) is 20.1. The van der Waals surface area contributed by atoms with E-state index in [-0.39, 0.29) is 29.0 Å². The van der Waals surface area contributed by atoms with Gasteiger partial charge in [0.05, 0.1) is 17.6 Å². The van der Waals surface area contributed by atoms with Gasteiger partial charge >= 0.3 is 0 Å². The maximum atomic E-state index is 13.3. The Bertz CT molecular complexity index is 1350. The summed E-state index contributed by atoms with van der Waals surface area (Å²) in [5, 5.41) is 11.9. The Morgan fingerprint density at radius 2 is 1.91 bits per heavy atom. The lowest BCUT2D eigenvalue weighted by Gasteiger charge is -2.20. The van der Waals surface area contributed by atoms with E-state index < -0.39 is 5.56 Å². The molecule has 32 heavy (non-hydrogen) atoms. The van der Waals surface area contributed by atoms with E-state index in [4.69, 9.17) is 0 Å². The summed E-state index contributed by atoms with van der Waals surface area (Å²) in [7, 11) is 0. The third kappa shape index (κ3) is 3.68. The highest BCUT2D eigenvalue weighted by Crippen LogP contribution is 2.25. The topological polar surface area (TPSA) is 110 Å². The van der Waals surface area contributed by atoms with Crippen molar-refractivity contribution in [2.75, 3.05) is 5.32 Å². The van der Waals surface area contributed by atoms with Crippen molar-refractivity contribution in [3.05, 3.63) is 58.4 Å². The van der Waals surface area contributed by atoms with Crippen LogP contribution in [0.15, 0.2) is 41.3 Å². The van der Waals surface area contributed by atoms with E-state index in [0.29, 0.717) is 22.8 Å². The molecule has 1 aliphatic rings. The van der Waals surface area contributed by atoms with Crippen LogP contribution in [-0.2, 0) is 4.79 Å². The summed E-state index contributed by atoms with van der Waals surface area (Å²) in [6.07, 6.45) is 6.42. The second-order valence-corrected chi connectivity index (χ2v) is 8.07. The number of hydrogen-bond donors (Lipinski definition) is 2. The second-order valence-electron chi connectivity index (χ2n) is 8.07. The first-order valence-corrected chi connectivity index (χ1v) is 10.6. The molecule has 0 unspecified atom stereocenters. The maximum absolute atomic E-state index is 13.3. The predicted octanol–water partition coefficient (Wildman–Crippen LogP) is 3.26. The average Bonchev–Trinajstić information content (AvgIpc) is 3.38. The standard InChI is InChI=1S/C22H22FN7O2/c1-13-11-18(25-20(31)14-5-3-2-4-6-14)30(28-13)22-26-19-17(21(32)27-22)12-24-29(19)16-9-7-15(23)8-10-16/h7-12,14H,2-6H2,1H3,(H,25,31)(H,26,27,32). The Morgan fingerprint density at radius 1 is 1.16 bits per heavy atom. The highest BCUT2D eigenvalue weighted by Gasteiger charge is 2.23. The van der Waals surface area contributed by atoms with Gasteiger partial charge in [0.1, 0.15) is 17.0 Å². The summed E-state index contributed by atoms with van der Waals surface area (Å²) < 4.78 is 16.2. The minimum absolute atomic E-state index is 0.0261. The number of aryl methyl sites for hydroxylation is 1. The summed E-state index contributed by atoms with van der Waals surface area (Å²) in [6, 6.07) is 7.47. The van der Waals surface area contributed by atoms with Crippen LogP contribution in [0.4, 0.5) is 10.2 Å². The van der Waals surface area contributed by atoms with Gasteiger partial charge in [-0.25, -0.2) is 9.07 Å². The molecule has 3 heterocycles. The number of nitrogens with zero attached hydrogens (tertiary/aromatic N) is 5. The fourth-order valence-electron chi connectivity index (χ4n) is 4.12. The zero-order valence-electron chi connectivity index (χ0n) is 17.5. The Kier molecular flexibility index (Phi) is 5.04. The smallest absolute Gasteiger partial charge is 0.263 e. The lowest BCUT2D eigenvalue weighted by atomic mass is 9.89. The van der Waals surface area contributed by atoms with E-state index in [2.05, 4.69) is 25.5 Å². The summed E-state index contributed by atoms with van der Waals surface area (Å²) in [5.74, 6) is 0.140. The number of H-pyrrole nitrogens is 1. The molecule has 0 spiro atoms. The number of carbonyl (C=O) groups excluding carboxylic acids is 1. The molecule has 1 saturated carbocycles. The van der Waals surface area contributed by atoms with Gasteiger partial charge in [0.2, 0.25) is 11.9 Å². The number of carbonyl (C=O) groups is 1. The molecule has 0 aliphatic heterocycles. The van der Waals surface area contributed by atoms with Crippen molar-refractivity contribution in [1.82, 2.24) is 29.5 Å². The molecule has 0 bridgehead atoms. The summed E-state index contributed by atoms with van der Waals surface area (Å²) in [4.78, 5) is 32.8. The van der Waals surface area contributed by atoms with Crippen LogP contribution in [0.25, 0.3) is 22.7 Å². The molecule has 1 aliphatic carbocycles. The SMILES string of the molecule is Cc1cc(NC(=O)C2CCCCC2)n(-c2nc3c(cnn3-c3ccc(F)cc3)c(=O)[nH]2)n1. The summed E-state index contributed by atoms with van der Waals surface area (Å²) >= 11 is 0. The van der Waals surface area contributed by atoms with Gasteiger partial charge in [-0.05, 0) is 44.0 Å². The average molecular weight is 435 g/mol. The second kappa shape index (κ2) is 8.03. The first-order chi connectivity index (χ1) is 15.5. The number of hydrogen-bond acceptors (Lipinski definition) is 5. The van der Waals surface area contributed by atoms with Crippen LogP contribution in [0.2, 0.25) is 0 Å². The minimum atomic E-state index is -0.393. The number of fused-ring (bicyclic) bond motifs is 1. The fourth-order valence-corrected chi connectivity index (χ4v) is 4.12. The van der Waals surface area contributed by atoms with Crippen molar-refractivity contribution in [2.45, 2.75) is 39.0 Å². The quantitative estimate of drug-likeness (QED) is 0.511. The number of benzene rings is 1. The van der Waals surface area contributed by atoms with E-state index in [1.54, 1.807) is 25.1 Å². The zero-order chi connectivity index (χ0) is 22.2. The van der Waals surface area contributed by atoms with Crippen LogP contribution in [0.3, 0.4) is 0 Å². The molecule has 1 fully saturated rings. The third-order valence-electron chi connectivity index (χ3n) is 5.76. The molecule has 0 atom stereocenters. The van der Waals surface area contributed by atoms with Crippen molar-refractivity contribution in [2.24, 2.45) is 5.92 Å². The van der Waals surface area contributed by atoms with Crippen molar-refractivity contribution in [3.63, 3.8) is 0 Å². The number of aromatic amines is 1. The molecule has 3 aromatic heterocycles. The van der Waals surface area contributed by atoms with Gasteiger partial charge in [-0.15, -0.1) is 0 Å². The highest BCUT2D eigenvalue weighted by molar-refractivity contribution is 5.92. The van der Waals surface area contributed by atoms with Crippen LogP contribution in [0, 0.1) is 18.7 Å². The van der Waals surface area contributed by atoms with Crippen molar-refractivity contribution in [1.29, 1.82) is 0 Å². The molecule has 10 heteroatoms. The molecule has 164 valence electrons.